The summed E-state index contributed by atoms with van der Waals surface area (Å²) in [6, 6.07) is 14.8. The molecule has 8 heteroatoms. The van der Waals surface area contributed by atoms with Crippen molar-refractivity contribution in [1.29, 1.82) is 0 Å². The maximum Gasteiger partial charge on any atom is 0.237 e. The average molecular weight is 520 g/mol. The molecule has 1 amide bonds. The highest BCUT2D eigenvalue weighted by molar-refractivity contribution is 6.30. The van der Waals surface area contributed by atoms with Crippen LogP contribution < -0.4 is 16.4 Å². The van der Waals surface area contributed by atoms with Gasteiger partial charge in [-0.3, -0.25) is 9.69 Å². The van der Waals surface area contributed by atoms with Gasteiger partial charge in [-0.15, -0.1) is 0 Å². The van der Waals surface area contributed by atoms with Gasteiger partial charge < -0.3 is 21.1 Å². The van der Waals surface area contributed by atoms with Crippen molar-refractivity contribution >= 4 is 29.1 Å². The van der Waals surface area contributed by atoms with Crippen molar-refractivity contribution in [2.45, 2.75) is 43.8 Å². The van der Waals surface area contributed by atoms with Crippen LogP contribution in [0.25, 0.3) is 0 Å². The fraction of sp³-hybridized carbons (Fsp3) is 0.519. The zero-order valence-electron chi connectivity index (χ0n) is 20.5. The first-order valence-corrected chi connectivity index (χ1v) is 13.2. The highest BCUT2D eigenvalue weighted by Gasteiger charge is 2.56. The van der Waals surface area contributed by atoms with Crippen molar-refractivity contribution in [3.05, 3.63) is 69.7 Å². The standard InChI is InChI=1S/C27H36Cl2N4O2/c1-18(2)16-23-27(30,20-6-8-21(28)9-7-20)24(19-4-3-5-22(29)17-19)25(32-23)26(34)31-10-11-33-12-14-35-15-13-33/h3-9,17-18,23-25,32H,10-16,30H2,1-2H3,(H,31,34). The molecule has 0 spiro atoms. The van der Waals surface area contributed by atoms with Crippen LogP contribution in [0.3, 0.4) is 0 Å². The number of ether oxygens (including phenoxy) is 1. The van der Waals surface area contributed by atoms with E-state index in [4.69, 9.17) is 33.7 Å². The fourth-order valence-corrected chi connectivity index (χ4v) is 5.79. The molecule has 2 saturated heterocycles. The molecule has 2 heterocycles. The maximum atomic E-state index is 13.6. The highest BCUT2D eigenvalue weighted by Crippen LogP contribution is 2.47. The first-order chi connectivity index (χ1) is 16.8. The Morgan fingerprint density at radius 1 is 1.17 bits per heavy atom. The van der Waals surface area contributed by atoms with E-state index in [0.717, 1.165) is 50.4 Å². The van der Waals surface area contributed by atoms with Gasteiger partial charge in [0.25, 0.3) is 0 Å². The number of benzene rings is 2. The Balaban J connectivity index is 1.66. The summed E-state index contributed by atoms with van der Waals surface area (Å²) in [5.74, 6) is 0.0404. The van der Waals surface area contributed by atoms with E-state index in [-0.39, 0.29) is 17.9 Å². The summed E-state index contributed by atoms with van der Waals surface area (Å²) < 4.78 is 5.42. The van der Waals surface area contributed by atoms with Crippen LogP contribution in [0.2, 0.25) is 10.0 Å². The molecule has 2 aromatic carbocycles. The Bertz CT molecular complexity index is 997. The number of morpholine rings is 1. The number of amides is 1. The summed E-state index contributed by atoms with van der Waals surface area (Å²) in [5, 5.41) is 8.08. The quantitative estimate of drug-likeness (QED) is 0.495. The van der Waals surface area contributed by atoms with Crippen LogP contribution in [0.4, 0.5) is 0 Å². The zero-order valence-corrected chi connectivity index (χ0v) is 22.0. The van der Waals surface area contributed by atoms with Crippen molar-refractivity contribution in [3.8, 4) is 0 Å². The van der Waals surface area contributed by atoms with E-state index in [1.807, 2.05) is 48.5 Å². The molecule has 190 valence electrons. The molecule has 2 aromatic rings. The summed E-state index contributed by atoms with van der Waals surface area (Å²) in [5.41, 5.74) is 8.44. The third-order valence-electron chi connectivity index (χ3n) is 7.18. The lowest BCUT2D eigenvalue weighted by Gasteiger charge is -2.38. The van der Waals surface area contributed by atoms with E-state index in [0.29, 0.717) is 22.5 Å². The van der Waals surface area contributed by atoms with E-state index < -0.39 is 11.6 Å². The largest absolute Gasteiger partial charge is 0.379 e. The van der Waals surface area contributed by atoms with E-state index in [9.17, 15) is 4.79 Å². The molecule has 4 N–H and O–H groups in total. The second kappa shape index (κ2) is 11.6. The monoisotopic (exact) mass is 518 g/mol. The van der Waals surface area contributed by atoms with Gasteiger partial charge in [0.1, 0.15) is 0 Å². The average Bonchev–Trinajstić information content (AvgIpc) is 3.12. The summed E-state index contributed by atoms with van der Waals surface area (Å²) >= 11 is 12.6. The molecule has 0 bridgehead atoms. The smallest absolute Gasteiger partial charge is 0.237 e. The minimum atomic E-state index is -0.828. The highest BCUT2D eigenvalue weighted by atomic mass is 35.5. The number of nitrogens with zero attached hydrogens (tertiary/aromatic N) is 1. The lowest BCUT2D eigenvalue weighted by molar-refractivity contribution is -0.123. The molecule has 0 aliphatic carbocycles. The minimum Gasteiger partial charge on any atom is -0.379 e. The molecular weight excluding hydrogens is 483 g/mol. The van der Waals surface area contributed by atoms with E-state index in [1.165, 1.54) is 0 Å². The zero-order chi connectivity index (χ0) is 25.0. The SMILES string of the molecule is CC(C)CC1NC(C(=O)NCCN2CCOCC2)C(c2cccc(Cl)c2)C1(N)c1ccc(Cl)cc1. The molecule has 2 aliphatic rings. The molecule has 0 saturated carbocycles. The Kier molecular flexibility index (Phi) is 8.74. The predicted octanol–water partition coefficient (Wildman–Crippen LogP) is 3.77. The minimum absolute atomic E-state index is 0.0433. The summed E-state index contributed by atoms with van der Waals surface area (Å²) in [4.78, 5) is 15.9. The van der Waals surface area contributed by atoms with Gasteiger partial charge >= 0.3 is 0 Å². The van der Waals surface area contributed by atoms with Gasteiger partial charge in [0.2, 0.25) is 5.91 Å². The van der Waals surface area contributed by atoms with Gasteiger partial charge in [0, 0.05) is 48.2 Å². The van der Waals surface area contributed by atoms with Crippen molar-refractivity contribution in [3.63, 3.8) is 0 Å². The molecule has 2 fully saturated rings. The van der Waals surface area contributed by atoms with Gasteiger partial charge in [-0.25, -0.2) is 0 Å². The first-order valence-electron chi connectivity index (χ1n) is 12.4. The van der Waals surface area contributed by atoms with Gasteiger partial charge in [-0.05, 0) is 47.7 Å². The fourth-order valence-electron chi connectivity index (χ4n) is 5.46. The molecule has 4 unspecified atom stereocenters. The van der Waals surface area contributed by atoms with Crippen molar-refractivity contribution < 1.29 is 9.53 Å². The van der Waals surface area contributed by atoms with E-state index in [2.05, 4.69) is 29.4 Å². The van der Waals surface area contributed by atoms with Crippen LogP contribution >= 0.6 is 23.2 Å². The maximum absolute atomic E-state index is 13.6. The van der Waals surface area contributed by atoms with Gasteiger partial charge in [-0.1, -0.05) is 61.3 Å². The van der Waals surface area contributed by atoms with Crippen LogP contribution in [-0.4, -0.2) is 62.3 Å². The molecular formula is C27H36Cl2N4O2. The third-order valence-corrected chi connectivity index (χ3v) is 7.66. The van der Waals surface area contributed by atoms with E-state index in [1.54, 1.807) is 0 Å². The molecule has 35 heavy (non-hydrogen) atoms. The van der Waals surface area contributed by atoms with Crippen LogP contribution in [0.1, 0.15) is 37.3 Å². The summed E-state index contributed by atoms with van der Waals surface area (Å²) in [7, 11) is 0. The Hall–Kier alpha value is -1.67. The van der Waals surface area contributed by atoms with E-state index >= 15 is 0 Å². The molecule has 2 aliphatic heterocycles. The van der Waals surface area contributed by atoms with Crippen molar-refractivity contribution in [1.82, 2.24) is 15.5 Å². The van der Waals surface area contributed by atoms with Crippen LogP contribution in [0.5, 0.6) is 0 Å². The number of carbonyl (C=O) groups is 1. The van der Waals surface area contributed by atoms with Crippen molar-refractivity contribution in [2.24, 2.45) is 11.7 Å². The first kappa shape index (κ1) is 26.4. The van der Waals surface area contributed by atoms with Crippen LogP contribution in [0.15, 0.2) is 48.5 Å². The van der Waals surface area contributed by atoms with Crippen molar-refractivity contribution in [2.75, 3.05) is 39.4 Å². The predicted molar refractivity (Wildman–Crippen MR) is 142 cm³/mol. The number of halogens is 2. The summed E-state index contributed by atoms with van der Waals surface area (Å²) in [6.07, 6.45) is 0.827. The molecule has 0 aromatic heterocycles. The second-order valence-corrected chi connectivity index (χ2v) is 10.9. The molecule has 4 rings (SSSR count). The Morgan fingerprint density at radius 2 is 1.89 bits per heavy atom. The number of hydrogen-bond acceptors (Lipinski definition) is 5. The van der Waals surface area contributed by atoms with Crippen LogP contribution in [0, 0.1) is 5.92 Å². The summed E-state index contributed by atoms with van der Waals surface area (Å²) in [6.45, 7) is 8.98. The third kappa shape index (κ3) is 6.01. The Labute approximate surface area is 218 Å². The molecule has 6 nitrogen and oxygen atoms in total. The topological polar surface area (TPSA) is 79.6 Å². The van der Waals surface area contributed by atoms with Gasteiger partial charge in [-0.2, -0.15) is 0 Å². The Morgan fingerprint density at radius 3 is 2.54 bits per heavy atom. The normalized spacial score (nSPS) is 27.3. The number of carbonyl (C=O) groups excluding carboxylic acids is 1. The van der Waals surface area contributed by atoms with Crippen LogP contribution in [-0.2, 0) is 15.1 Å². The molecule has 0 radical (unpaired) electrons. The second-order valence-electron chi connectivity index (χ2n) is 10.0. The number of nitrogens with two attached hydrogens (primary N) is 1. The number of nitrogens with one attached hydrogen (secondary N) is 2. The van der Waals surface area contributed by atoms with Gasteiger partial charge in [0.05, 0.1) is 24.8 Å². The van der Waals surface area contributed by atoms with Gasteiger partial charge in [0.15, 0.2) is 0 Å². The lowest BCUT2D eigenvalue weighted by Crippen LogP contribution is -2.51. The molecule has 4 atom stereocenters. The number of rotatable bonds is 8. The lowest BCUT2D eigenvalue weighted by atomic mass is 9.70. The number of hydrogen-bond donors (Lipinski definition) is 3.